The fourth-order valence-corrected chi connectivity index (χ4v) is 3.09. The van der Waals surface area contributed by atoms with Gasteiger partial charge in [0.25, 0.3) is 0 Å². The Hall–Kier alpha value is -2.97. The molecule has 1 aliphatic heterocycles. The molecule has 3 N–H and O–H groups in total. The smallest absolute Gasteiger partial charge is 0.416 e. The molecule has 0 spiro atoms. The molecule has 0 unspecified atom stereocenters. The van der Waals surface area contributed by atoms with E-state index < -0.39 is 29.6 Å². The predicted octanol–water partition coefficient (Wildman–Crippen LogP) is 2.96. The van der Waals surface area contributed by atoms with Crippen LogP contribution in [-0.4, -0.2) is 25.2 Å². The van der Waals surface area contributed by atoms with E-state index in [1.165, 1.54) is 25.1 Å². The van der Waals surface area contributed by atoms with Crippen molar-refractivity contribution in [3.05, 3.63) is 58.1 Å². The van der Waals surface area contributed by atoms with Crippen LogP contribution in [-0.2, 0) is 25.2 Å². The molecule has 0 saturated heterocycles. The van der Waals surface area contributed by atoms with E-state index in [0.717, 1.165) is 6.07 Å². The van der Waals surface area contributed by atoms with Crippen LogP contribution in [0.3, 0.4) is 0 Å². The van der Waals surface area contributed by atoms with Crippen molar-refractivity contribution >= 4 is 11.9 Å². The van der Waals surface area contributed by atoms with Gasteiger partial charge in [-0.25, -0.2) is 9.59 Å². The Morgan fingerprint density at radius 2 is 1.61 bits per heavy atom. The number of ether oxygens (including phenoxy) is 2. The molecule has 152 valence electrons. The maximum Gasteiger partial charge on any atom is 0.416 e. The van der Waals surface area contributed by atoms with Gasteiger partial charge in [0.15, 0.2) is 0 Å². The van der Waals surface area contributed by atoms with Gasteiger partial charge in [-0.15, -0.1) is 0 Å². The van der Waals surface area contributed by atoms with Crippen LogP contribution in [0.15, 0.2) is 46.9 Å². The molecule has 0 amide bonds. The normalized spacial score (nSPS) is 17.3. The van der Waals surface area contributed by atoms with Gasteiger partial charge in [0.2, 0.25) is 0 Å². The number of nitrogens with one attached hydrogen (secondary N) is 1. The number of nitrogens with two attached hydrogens (primary N) is 1. The van der Waals surface area contributed by atoms with Gasteiger partial charge < -0.3 is 20.5 Å². The Morgan fingerprint density at radius 3 is 2.14 bits per heavy atom. The van der Waals surface area contributed by atoms with E-state index in [1.807, 2.05) is 0 Å². The molecule has 0 radical (unpaired) electrons. The fourth-order valence-electron chi connectivity index (χ4n) is 3.09. The summed E-state index contributed by atoms with van der Waals surface area (Å²) < 4.78 is 50.9. The number of esters is 2. The summed E-state index contributed by atoms with van der Waals surface area (Å²) in [5.74, 6) is -3.32. The lowest BCUT2D eigenvalue weighted by Crippen LogP contribution is -2.36. The van der Waals surface area contributed by atoms with Crippen LogP contribution < -0.4 is 11.1 Å². The van der Waals surface area contributed by atoms with Gasteiger partial charge in [0.1, 0.15) is 5.82 Å². The molecule has 1 aromatic rings. The molecular weight excluding hydrogens is 377 g/mol. The molecule has 6 nitrogen and oxygen atoms in total. The lowest BCUT2D eigenvalue weighted by molar-refractivity contribution is -0.142. The summed E-state index contributed by atoms with van der Waals surface area (Å²) in [4.78, 5) is 25.1. The number of rotatable bonds is 5. The van der Waals surface area contributed by atoms with Crippen LogP contribution in [0, 0.1) is 0 Å². The van der Waals surface area contributed by atoms with Crippen LogP contribution in [0.4, 0.5) is 13.2 Å². The number of carbonyl (C=O) groups excluding carboxylic acids is 2. The third kappa shape index (κ3) is 4.13. The molecule has 0 bridgehead atoms. The van der Waals surface area contributed by atoms with Crippen molar-refractivity contribution in [2.75, 3.05) is 13.2 Å². The van der Waals surface area contributed by atoms with Crippen LogP contribution in [0.25, 0.3) is 0 Å². The van der Waals surface area contributed by atoms with E-state index in [0.29, 0.717) is 0 Å². The topological polar surface area (TPSA) is 90.6 Å². The highest BCUT2D eigenvalue weighted by Gasteiger charge is 2.43. The molecule has 1 atom stereocenters. The van der Waals surface area contributed by atoms with Crippen molar-refractivity contribution < 1.29 is 32.2 Å². The van der Waals surface area contributed by atoms with Gasteiger partial charge in [-0.1, -0.05) is 18.2 Å². The predicted molar refractivity (Wildman–Crippen MR) is 94.5 cm³/mol. The first-order valence-electron chi connectivity index (χ1n) is 8.61. The van der Waals surface area contributed by atoms with E-state index in [9.17, 15) is 22.8 Å². The number of alkyl halides is 3. The summed E-state index contributed by atoms with van der Waals surface area (Å²) in [6, 6.07) is 4.71. The van der Waals surface area contributed by atoms with Crippen LogP contribution in [0.2, 0.25) is 0 Å². The second-order valence-corrected chi connectivity index (χ2v) is 5.95. The standard InChI is InChI=1S/C19H21F3N2O4/c1-4-27-17(25)13-10(3)24-16(23)15(18(26)28-5-2)14(13)11-8-6-7-9-12(11)19(20,21)22/h6-9,14,24H,4-5,23H2,1-3H3/t14-/m1/s1. The Labute approximate surface area is 160 Å². The Kier molecular flexibility index (Phi) is 6.37. The molecule has 0 saturated carbocycles. The average Bonchev–Trinajstić information content (AvgIpc) is 2.60. The van der Waals surface area contributed by atoms with Crippen molar-refractivity contribution in [3.8, 4) is 0 Å². The largest absolute Gasteiger partial charge is 0.463 e. The first-order chi connectivity index (χ1) is 13.1. The summed E-state index contributed by atoms with van der Waals surface area (Å²) in [5.41, 5.74) is 4.46. The number of benzene rings is 1. The van der Waals surface area contributed by atoms with Gasteiger partial charge in [0, 0.05) is 5.70 Å². The van der Waals surface area contributed by atoms with Gasteiger partial charge in [-0.05, 0) is 32.4 Å². The second kappa shape index (κ2) is 8.37. The summed E-state index contributed by atoms with van der Waals surface area (Å²) in [7, 11) is 0. The minimum Gasteiger partial charge on any atom is -0.463 e. The molecular formula is C19H21F3N2O4. The van der Waals surface area contributed by atoms with Crippen LogP contribution in [0.1, 0.15) is 37.8 Å². The SMILES string of the molecule is CCOC(=O)C1=C(C)NC(N)=C(C(=O)OCC)[C@@H]1c1ccccc1C(F)(F)F. The van der Waals surface area contributed by atoms with Crippen LogP contribution >= 0.6 is 0 Å². The highest BCUT2D eigenvalue weighted by Crippen LogP contribution is 2.43. The zero-order valence-corrected chi connectivity index (χ0v) is 15.6. The van der Waals surface area contributed by atoms with Gasteiger partial charge >= 0.3 is 18.1 Å². The van der Waals surface area contributed by atoms with Gasteiger partial charge in [-0.2, -0.15) is 13.2 Å². The average molecular weight is 398 g/mol. The summed E-state index contributed by atoms with van der Waals surface area (Å²) in [6.07, 6.45) is -4.70. The van der Waals surface area contributed by atoms with E-state index in [4.69, 9.17) is 15.2 Å². The second-order valence-electron chi connectivity index (χ2n) is 5.95. The lowest BCUT2D eigenvalue weighted by atomic mass is 9.79. The van der Waals surface area contributed by atoms with Crippen molar-refractivity contribution in [2.24, 2.45) is 5.73 Å². The van der Waals surface area contributed by atoms with Gasteiger partial charge in [0.05, 0.1) is 35.8 Å². The van der Waals surface area contributed by atoms with Gasteiger partial charge in [-0.3, -0.25) is 0 Å². The number of halogens is 3. The van der Waals surface area contributed by atoms with Crippen molar-refractivity contribution in [1.82, 2.24) is 5.32 Å². The Morgan fingerprint density at radius 1 is 1.07 bits per heavy atom. The number of carbonyl (C=O) groups is 2. The summed E-state index contributed by atoms with van der Waals surface area (Å²) in [5, 5.41) is 2.67. The van der Waals surface area contributed by atoms with Crippen molar-refractivity contribution in [1.29, 1.82) is 0 Å². The minimum atomic E-state index is -4.70. The quantitative estimate of drug-likeness (QED) is 0.741. The molecule has 0 fully saturated rings. The summed E-state index contributed by atoms with van der Waals surface area (Å²) >= 11 is 0. The first kappa shape index (κ1) is 21.3. The van der Waals surface area contributed by atoms with E-state index in [2.05, 4.69) is 5.32 Å². The fraction of sp³-hybridized carbons (Fsp3) is 0.368. The molecule has 0 aromatic heterocycles. The zero-order valence-electron chi connectivity index (χ0n) is 15.6. The molecule has 0 aliphatic carbocycles. The number of hydrogen-bond acceptors (Lipinski definition) is 6. The van der Waals surface area contributed by atoms with Crippen LogP contribution in [0.5, 0.6) is 0 Å². The summed E-state index contributed by atoms with van der Waals surface area (Å²) in [6.45, 7) is 4.60. The maximum atomic E-state index is 13.6. The Balaban J connectivity index is 2.78. The number of hydrogen-bond donors (Lipinski definition) is 2. The van der Waals surface area contributed by atoms with Crippen molar-refractivity contribution in [2.45, 2.75) is 32.9 Å². The third-order valence-corrected chi connectivity index (χ3v) is 4.16. The molecule has 1 heterocycles. The molecule has 1 aromatic carbocycles. The highest BCUT2D eigenvalue weighted by molar-refractivity contribution is 6.00. The molecule has 28 heavy (non-hydrogen) atoms. The first-order valence-corrected chi connectivity index (χ1v) is 8.61. The molecule has 1 aliphatic rings. The van der Waals surface area contributed by atoms with E-state index >= 15 is 0 Å². The maximum absolute atomic E-state index is 13.6. The molecule has 2 rings (SSSR count). The van der Waals surface area contributed by atoms with Crippen molar-refractivity contribution in [3.63, 3.8) is 0 Å². The monoisotopic (exact) mass is 398 g/mol. The highest BCUT2D eigenvalue weighted by atomic mass is 19.4. The zero-order chi connectivity index (χ0) is 21.1. The van der Waals surface area contributed by atoms with E-state index in [1.54, 1.807) is 13.8 Å². The number of dihydropyridines is 1. The lowest BCUT2D eigenvalue weighted by Gasteiger charge is -2.31. The van der Waals surface area contributed by atoms with E-state index in [-0.39, 0.29) is 41.4 Å². The third-order valence-electron chi connectivity index (χ3n) is 4.16. The molecule has 9 heteroatoms. The minimum absolute atomic E-state index is 0.0111. The Bertz CT molecular complexity index is 804. The number of allylic oxidation sites excluding steroid dienone is 1.